The van der Waals surface area contributed by atoms with Gasteiger partial charge in [-0.05, 0) is 56.5 Å². The van der Waals surface area contributed by atoms with Gasteiger partial charge in [0.2, 0.25) is 0 Å². The SMILES string of the molecule is Cc1nn(-c2cccc(COc3cc(OCc4cncc(C#N)c4)c(CN)cc3Cl)c2C)c(C)c1CN1CCC(O)C1. The Bertz CT molecular complexity index is 1630. The van der Waals surface area contributed by atoms with Crippen molar-refractivity contribution in [3.8, 4) is 23.3 Å². The van der Waals surface area contributed by atoms with E-state index in [1.54, 1.807) is 24.4 Å². The molecule has 4 aromatic rings. The number of nitrogens with zero attached hydrogens (tertiary/aromatic N) is 5. The Morgan fingerprint density at radius 1 is 1.10 bits per heavy atom. The number of rotatable bonds is 10. The van der Waals surface area contributed by atoms with Gasteiger partial charge < -0.3 is 20.3 Å². The average Bonchev–Trinajstić information content (AvgIpc) is 3.53. The van der Waals surface area contributed by atoms with Crippen LogP contribution in [-0.2, 0) is 26.3 Å². The summed E-state index contributed by atoms with van der Waals surface area (Å²) in [5.41, 5.74) is 14.3. The molecule has 218 valence electrons. The number of halogens is 1. The van der Waals surface area contributed by atoms with Crippen molar-refractivity contribution in [2.75, 3.05) is 13.1 Å². The molecule has 3 heterocycles. The largest absolute Gasteiger partial charge is 0.488 e. The third kappa shape index (κ3) is 6.42. The molecule has 0 saturated carbocycles. The number of hydrogen-bond acceptors (Lipinski definition) is 8. The number of β-amino-alcohol motifs (C(OH)–C–C–N with tert-alkyl or cyclic N) is 1. The highest BCUT2D eigenvalue weighted by molar-refractivity contribution is 6.32. The summed E-state index contributed by atoms with van der Waals surface area (Å²) in [6.07, 6.45) is 3.73. The van der Waals surface area contributed by atoms with E-state index in [0.29, 0.717) is 35.2 Å². The van der Waals surface area contributed by atoms with Gasteiger partial charge in [-0.3, -0.25) is 9.88 Å². The van der Waals surface area contributed by atoms with E-state index in [2.05, 4.69) is 35.9 Å². The van der Waals surface area contributed by atoms with E-state index in [1.165, 1.54) is 11.8 Å². The number of aliphatic hydroxyl groups is 1. The molecule has 1 fully saturated rings. The molecule has 1 saturated heterocycles. The van der Waals surface area contributed by atoms with Crippen molar-refractivity contribution in [1.82, 2.24) is 19.7 Å². The summed E-state index contributed by atoms with van der Waals surface area (Å²) in [7, 11) is 0. The smallest absolute Gasteiger partial charge is 0.142 e. The van der Waals surface area contributed by atoms with Gasteiger partial charge in [0.1, 0.15) is 30.8 Å². The number of nitriles is 1. The highest BCUT2D eigenvalue weighted by atomic mass is 35.5. The first kappa shape index (κ1) is 29.5. The number of aryl methyl sites for hydroxylation is 1. The van der Waals surface area contributed by atoms with Crippen LogP contribution in [0.25, 0.3) is 5.69 Å². The number of pyridine rings is 1. The van der Waals surface area contributed by atoms with Crippen molar-refractivity contribution < 1.29 is 14.6 Å². The summed E-state index contributed by atoms with van der Waals surface area (Å²) in [6, 6.07) is 13.4. The normalized spacial score (nSPS) is 15.1. The first-order valence-electron chi connectivity index (χ1n) is 13.9. The van der Waals surface area contributed by atoms with Crippen LogP contribution in [0.5, 0.6) is 11.5 Å². The predicted molar refractivity (Wildman–Crippen MR) is 161 cm³/mol. The second kappa shape index (κ2) is 12.9. The lowest BCUT2D eigenvalue weighted by Crippen LogP contribution is -2.22. The summed E-state index contributed by atoms with van der Waals surface area (Å²) in [5, 5.41) is 24.4. The monoisotopic (exact) mass is 586 g/mol. The second-order valence-corrected chi connectivity index (χ2v) is 11.1. The van der Waals surface area contributed by atoms with Crippen LogP contribution in [0.3, 0.4) is 0 Å². The van der Waals surface area contributed by atoms with Crippen LogP contribution < -0.4 is 15.2 Å². The molecule has 2 aromatic carbocycles. The third-order valence-corrected chi connectivity index (χ3v) is 8.05. The third-order valence-electron chi connectivity index (χ3n) is 7.75. The van der Waals surface area contributed by atoms with E-state index in [9.17, 15) is 5.11 Å². The first-order chi connectivity index (χ1) is 20.3. The predicted octanol–water partition coefficient (Wildman–Crippen LogP) is 4.90. The van der Waals surface area contributed by atoms with E-state index in [4.69, 9.17) is 37.2 Å². The molecular formula is C32H35ClN6O3. The van der Waals surface area contributed by atoms with E-state index >= 15 is 0 Å². The number of hydrogen-bond donors (Lipinski definition) is 2. The Balaban J connectivity index is 1.33. The highest BCUT2D eigenvalue weighted by Crippen LogP contribution is 2.34. The molecule has 1 aliphatic heterocycles. The molecule has 42 heavy (non-hydrogen) atoms. The standard InChI is InChI=1S/C32H35ClN6O3/c1-20-25(5-4-6-30(20)39-22(3)28(21(2)37-39)17-38-8-7-27(40)16-38)19-42-32-11-31(26(13-35)10-29(32)33)41-18-24-9-23(12-34)14-36-15-24/h4-6,9-11,14-15,27,40H,7-8,13,16-19,35H2,1-3H3. The van der Waals surface area contributed by atoms with Crippen LogP contribution in [0.4, 0.5) is 0 Å². The van der Waals surface area contributed by atoms with Crippen molar-refractivity contribution in [2.24, 2.45) is 5.73 Å². The van der Waals surface area contributed by atoms with E-state index in [0.717, 1.165) is 58.8 Å². The maximum atomic E-state index is 9.94. The van der Waals surface area contributed by atoms with Gasteiger partial charge in [-0.25, -0.2) is 4.68 Å². The van der Waals surface area contributed by atoms with Crippen LogP contribution in [-0.4, -0.2) is 44.0 Å². The summed E-state index contributed by atoms with van der Waals surface area (Å²) in [4.78, 5) is 6.37. The quantitative estimate of drug-likeness (QED) is 0.269. The summed E-state index contributed by atoms with van der Waals surface area (Å²) < 4.78 is 14.3. The van der Waals surface area contributed by atoms with Crippen molar-refractivity contribution in [1.29, 1.82) is 5.26 Å². The van der Waals surface area contributed by atoms with Gasteiger partial charge in [0.15, 0.2) is 0 Å². The van der Waals surface area contributed by atoms with E-state index in [1.807, 2.05) is 23.7 Å². The molecule has 0 radical (unpaired) electrons. The molecule has 0 amide bonds. The van der Waals surface area contributed by atoms with Crippen molar-refractivity contribution in [2.45, 2.75) is 59.6 Å². The van der Waals surface area contributed by atoms with Gasteiger partial charge in [-0.15, -0.1) is 0 Å². The second-order valence-electron chi connectivity index (χ2n) is 10.7. The van der Waals surface area contributed by atoms with Crippen molar-refractivity contribution in [3.05, 3.63) is 98.6 Å². The van der Waals surface area contributed by atoms with Gasteiger partial charge in [0.25, 0.3) is 0 Å². The fourth-order valence-corrected chi connectivity index (χ4v) is 5.54. The number of ether oxygens (including phenoxy) is 2. The topological polar surface area (TPSA) is 122 Å². The fourth-order valence-electron chi connectivity index (χ4n) is 5.30. The lowest BCUT2D eigenvalue weighted by Gasteiger charge is -2.17. The van der Waals surface area contributed by atoms with E-state index in [-0.39, 0.29) is 19.3 Å². The summed E-state index contributed by atoms with van der Waals surface area (Å²) in [6.45, 7) is 9.34. The van der Waals surface area contributed by atoms with Crippen LogP contribution >= 0.6 is 11.6 Å². The Labute approximate surface area is 251 Å². The van der Waals surface area contributed by atoms with Crippen LogP contribution in [0.1, 0.15) is 51.2 Å². The zero-order chi connectivity index (χ0) is 29.8. The molecule has 3 N–H and O–H groups in total. The Kier molecular flexibility index (Phi) is 9.09. The first-order valence-corrected chi connectivity index (χ1v) is 14.3. The van der Waals surface area contributed by atoms with Crippen molar-refractivity contribution >= 4 is 11.6 Å². The molecular weight excluding hydrogens is 552 g/mol. The molecule has 2 aromatic heterocycles. The summed E-state index contributed by atoms with van der Waals surface area (Å²) in [5.74, 6) is 1.05. The molecule has 10 heteroatoms. The molecule has 1 atom stereocenters. The van der Waals surface area contributed by atoms with Gasteiger partial charge in [-0.1, -0.05) is 23.7 Å². The Morgan fingerprint density at radius 2 is 1.90 bits per heavy atom. The van der Waals surface area contributed by atoms with Crippen LogP contribution in [0.15, 0.2) is 48.8 Å². The van der Waals surface area contributed by atoms with Crippen LogP contribution in [0, 0.1) is 32.1 Å². The zero-order valence-corrected chi connectivity index (χ0v) is 24.9. The minimum Gasteiger partial charge on any atom is -0.488 e. The Hall–Kier alpha value is -3.94. The molecule has 0 spiro atoms. The number of likely N-dealkylation sites (tertiary alicyclic amines) is 1. The molecule has 1 unspecified atom stereocenters. The summed E-state index contributed by atoms with van der Waals surface area (Å²) >= 11 is 6.57. The highest BCUT2D eigenvalue weighted by Gasteiger charge is 2.23. The fraction of sp³-hybridized carbons (Fsp3) is 0.344. The van der Waals surface area contributed by atoms with E-state index < -0.39 is 0 Å². The molecule has 9 nitrogen and oxygen atoms in total. The number of aromatic nitrogens is 3. The lowest BCUT2D eigenvalue weighted by atomic mass is 10.1. The molecule has 5 rings (SSSR count). The van der Waals surface area contributed by atoms with Gasteiger partial charge in [0, 0.05) is 67.0 Å². The van der Waals surface area contributed by atoms with Gasteiger partial charge in [0.05, 0.1) is 28.1 Å². The maximum absolute atomic E-state index is 9.94. The van der Waals surface area contributed by atoms with Gasteiger partial charge >= 0.3 is 0 Å². The van der Waals surface area contributed by atoms with Gasteiger partial charge in [-0.2, -0.15) is 10.4 Å². The minimum atomic E-state index is -0.249. The molecule has 0 aliphatic carbocycles. The van der Waals surface area contributed by atoms with Crippen LogP contribution in [0.2, 0.25) is 5.02 Å². The lowest BCUT2D eigenvalue weighted by molar-refractivity contribution is 0.174. The Morgan fingerprint density at radius 3 is 2.64 bits per heavy atom. The molecule has 0 bridgehead atoms. The minimum absolute atomic E-state index is 0.223. The number of benzene rings is 2. The number of aliphatic hydroxyl groups excluding tert-OH is 1. The average molecular weight is 587 g/mol. The zero-order valence-electron chi connectivity index (χ0n) is 24.1. The maximum Gasteiger partial charge on any atom is 0.142 e. The molecule has 1 aliphatic rings. The van der Waals surface area contributed by atoms with Crippen molar-refractivity contribution in [3.63, 3.8) is 0 Å². The number of nitrogens with two attached hydrogens (primary N) is 1.